The largest absolute Gasteiger partial charge is 0.298 e. The molecule has 0 N–H and O–H groups in total. The molecule has 0 aromatic rings. The molecule has 0 bridgehead atoms. The zero-order valence-electron chi connectivity index (χ0n) is 6.62. The Morgan fingerprint density at radius 2 is 2.27 bits per heavy atom. The number of Topliss-reactive ketones (excluding diaryl/α,β-unsaturated/α-hetero) is 1. The first-order valence-electron chi connectivity index (χ1n) is 3.86. The van der Waals surface area contributed by atoms with Crippen LogP contribution >= 0.6 is 0 Å². The van der Waals surface area contributed by atoms with Crippen molar-refractivity contribution in [1.82, 2.24) is 5.01 Å². The van der Waals surface area contributed by atoms with Gasteiger partial charge in [0, 0.05) is 6.54 Å². The molecule has 62 valence electrons. The number of hydrogen-bond donors (Lipinski definition) is 0. The van der Waals surface area contributed by atoms with E-state index in [9.17, 15) is 9.70 Å². The molecule has 0 aliphatic carbocycles. The zero-order chi connectivity index (χ0) is 8.27. The SMILES string of the molecule is CC(=O)C1CCCCN1N=O. The van der Waals surface area contributed by atoms with E-state index in [2.05, 4.69) is 5.29 Å². The Balaban J connectivity index is 2.58. The summed E-state index contributed by atoms with van der Waals surface area (Å²) < 4.78 is 0. The predicted molar refractivity (Wildman–Crippen MR) is 40.8 cm³/mol. The van der Waals surface area contributed by atoms with Crippen LogP contribution in [-0.2, 0) is 4.79 Å². The minimum Gasteiger partial charge on any atom is -0.298 e. The summed E-state index contributed by atoms with van der Waals surface area (Å²) in [5.74, 6) is 0.0456. The van der Waals surface area contributed by atoms with Crippen molar-refractivity contribution < 1.29 is 4.79 Å². The number of nitroso groups, excluding NO2 is 1. The maximum Gasteiger partial charge on any atom is 0.153 e. The highest BCUT2D eigenvalue weighted by atomic mass is 16.3. The third kappa shape index (κ3) is 1.76. The average molecular weight is 156 g/mol. The number of nitrogens with zero attached hydrogens (tertiary/aromatic N) is 2. The lowest BCUT2D eigenvalue weighted by Crippen LogP contribution is -2.39. The topological polar surface area (TPSA) is 49.7 Å². The Kier molecular flexibility index (Phi) is 2.57. The van der Waals surface area contributed by atoms with E-state index in [-0.39, 0.29) is 11.8 Å². The number of carbonyl (C=O) groups excluding carboxylic acids is 1. The molecule has 0 aromatic heterocycles. The molecule has 0 saturated carbocycles. The van der Waals surface area contributed by atoms with E-state index in [1.807, 2.05) is 0 Å². The first-order valence-corrected chi connectivity index (χ1v) is 3.86. The van der Waals surface area contributed by atoms with Gasteiger partial charge in [-0.1, -0.05) is 0 Å². The van der Waals surface area contributed by atoms with E-state index >= 15 is 0 Å². The van der Waals surface area contributed by atoms with Gasteiger partial charge in [-0.05, 0) is 26.2 Å². The van der Waals surface area contributed by atoms with E-state index in [0.717, 1.165) is 19.3 Å². The van der Waals surface area contributed by atoms with Crippen LogP contribution in [0.2, 0.25) is 0 Å². The third-order valence-electron chi connectivity index (χ3n) is 2.05. The average Bonchev–Trinajstić information content (AvgIpc) is 2.04. The quantitative estimate of drug-likeness (QED) is 0.563. The molecule has 4 nitrogen and oxygen atoms in total. The van der Waals surface area contributed by atoms with Crippen molar-refractivity contribution in [3.05, 3.63) is 4.91 Å². The summed E-state index contributed by atoms with van der Waals surface area (Å²) in [5.41, 5.74) is 0. The van der Waals surface area contributed by atoms with Gasteiger partial charge < -0.3 is 0 Å². The Morgan fingerprint density at radius 1 is 1.55 bits per heavy atom. The molecule has 0 radical (unpaired) electrons. The molecule has 0 spiro atoms. The zero-order valence-corrected chi connectivity index (χ0v) is 6.62. The molecule has 1 rings (SSSR count). The summed E-state index contributed by atoms with van der Waals surface area (Å²) in [6, 6.07) is -0.249. The smallest absolute Gasteiger partial charge is 0.153 e. The molecule has 1 aliphatic rings. The lowest BCUT2D eigenvalue weighted by Gasteiger charge is -2.28. The first-order chi connectivity index (χ1) is 5.25. The molecule has 1 atom stereocenters. The van der Waals surface area contributed by atoms with E-state index in [1.54, 1.807) is 0 Å². The van der Waals surface area contributed by atoms with Gasteiger partial charge in [0.25, 0.3) is 0 Å². The van der Waals surface area contributed by atoms with Crippen LogP contribution in [0.1, 0.15) is 26.2 Å². The summed E-state index contributed by atoms with van der Waals surface area (Å²) in [5, 5.41) is 4.17. The highest BCUT2D eigenvalue weighted by Gasteiger charge is 2.25. The molecule has 1 unspecified atom stereocenters. The molecule has 4 heteroatoms. The minimum atomic E-state index is -0.249. The second-order valence-corrected chi connectivity index (χ2v) is 2.87. The van der Waals surface area contributed by atoms with Gasteiger partial charge in [0.1, 0.15) is 6.04 Å². The molecule has 1 heterocycles. The fraction of sp³-hybridized carbons (Fsp3) is 0.857. The second-order valence-electron chi connectivity index (χ2n) is 2.87. The summed E-state index contributed by atoms with van der Waals surface area (Å²) in [4.78, 5) is 21.1. The van der Waals surface area contributed by atoms with Crippen LogP contribution in [0, 0.1) is 4.91 Å². The fourth-order valence-electron chi connectivity index (χ4n) is 1.43. The van der Waals surface area contributed by atoms with E-state index in [0.29, 0.717) is 6.54 Å². The molecular formula is C7H12N2O2. The van der Waals surface area contributed by atoms with E-state index in [1.165, 1.54) is 11.9 Å². The van der Waals surface area contributed by atoms with E-state index in [4.69, 9.17) is 0 Å². The minimum absolute atomic E-state index is 0.0456. The van der Waals surface area contributed by atoms with Crippen molar-refractivity contribution in [1.29, 1.82) is 0 Å². The van der Waals surface area contributed by atoms with Gasteiger partial charge in [-0.15, -0.1) is 4.91 Å². The predicted octanol–water partition coefficient (Wildman–Crippen LogP) is 1.11. The third-order valence-corrected chi connectivity index (χ3v) is 2.05. The number of carbonyl (C=O) groups is 1. The number of ketones is 1. The Hall–Kier alpha value is -0.930. The summed E-state index contributed by atoms with van der Waals surface area (Å²) in [6.07, 6.45) is 2.77. The summed E-state index contributed by atoms with van der Waals surface area (Å²) in [6.45, 7) is 2.14. The second kappa shape index (κ2) is 3.46. The van der Waals surface area contributed by atoms with Crippen LogP contribution in [0.3, 0.4) is 0 Å². The normalized spacial score (nSPS) is 24.8. The van der Waals surface area contributed by atoms with Gasteiger partial charge in [-0.3, -0.25) is 9.80 Å². The summed E-state index contributed by atoms with van der Waals surface area (Å²) in [7, 11) is 0. The van der Waals surface area contributed by atoms with Gasteiger partial charge in [0.15, 0.2) is 5.78 Å². The van der Waals surface area contributed by atoms with Crippen molar-refractivity contribution in [2.75, 3.05) is 6.54 Å². The van der Waals surface area contributed by atoms with Crippen LogP contribution in [-0.4, -0.2) is 23.4 Å². The van der Waals surface area contributed by atoms with Crippen LogP contribution in [0.25, 0.3) is 0 Å². The van der Waals surface area contributed by atoms with Gasteiger partial charge in [0.2, 0.25) is 0 Å². The molecule has 1 saturated heterocycles. The molecule has 1 aliphatic heterocycles. The van der Waals surface area contributed by atoms with Gasteiger partial charge in [-0.25, -0.2) is 0 Å². The molecular weight excluding hydrogens is 144 g/mol. The van der Waals surface area contributed by atoms with Crippen LogP contribution in [0.15, 0.2) is 5.29 Å². The molecule has 1 fully saturated rings. The Labute approximate surface area is 65.5 Å². The molecule has 11 heavy (non-hydrogen) atoms. The van der Waals surface area contributed by atoms with Crippen LogP contribution in [0.5, 0.6) is 0 Å². The monoisotopic (exact) mass is 156 g/mol. The van der Waals surface area contributed by atoms with Crippen molar-refractivity contribution in [2.45, 2.75) is 32.2 Å². The lowest BCUT2D eigenvalue weighted by atomic mass is 10.0. The molecule has 0 amide bonds. The maximum atomic E-state index is 10.9. The summed E-state index contributed by atoms with van der Waals surface area (Å²) >= 11 is 0. The van der Waals surface area contributed by atoms with Crippen LogP contribution < -0.4 is 0 Å². The first kappa shape index (κ1) is 8.17. The van der Waals surface area contributed by atoms with Crippen molar-refractivity contribution >= 4 is 5.78 Å². The number of rotatable bonds is 2. The van der Waals surface area contributed by atoms with Crippen molar-refractivity contribution in [3.8, 4) is 0 Å². The Bertz CT molecular complexity index is 170. The van der Waals surface area contributed by atoms with Gasteiger partial charge >= 0.3 is 0 Å². The van der Waals surface area contributed by atoms with Gasteiger partial charge in [0.05, 0.1) is 5.29 Å². The lowest BCUT2D eigenvalue weighted by molar-refractivity contribution is -0.123. The Morgan fingerprint density at radius 3 is 2.73 bits per heavy atom. The number of piperidine rings is 1. The molecule has 0 aromatic carbocycles. The van der Waals surface area contributed by atoms with Crippen molar-refractivity contribution in [3.63, 3.8) is 0 Å². The van der Waals surface area contributed by atoms with Crippen molar-refractivity contribution in [2.24, 2.45) is 5.29 Å². The van der Waals surface area contributed by atoms with E-state index < -0.39 is 0 Å². The fourth-order valence-corrected chi connectivity index (χ4v) is 1.43. The highest BCUT2D eigenvalue weighted by Crippen LogP contribution is 2.17. The number of hydrogen-bond acceptors (Lipinski definition) is 3. The standard InChI is InChI=1S/C7H12N2O2/c1-6(10)7-4-2-3-5-9(7)8-11/h7H,2-5H2,1H3. The maximum absolute atomic E-state index is 10.9. The van der Waals surface area contributed by atoms with Crippen LogP contribution in [0.4, 0.5) is 0 Å². The highest BCUT2D eigenvalue weighted by molar-refractivity contribution is 5.81. The van der Waals surface area contributed by atoms with Gasteiger partial charge in [-0.2, -0.15) is 0 Å².